The first-order valence-corrected chi connectivity index (χ1v) is 6.30. The summed E-state index contributed by atoms with van der Waals surface area (Å²) < 4.78 is 33.0. The summed E-state index contributed by atoms with van der Waals surface area (Å²) in [5, 5.41) is 9.03. The summed E-state index contributed by atoms with van der Waals surface area (Å²) in [6, 6.07) is 5.32. The van der Waals surface area contributed by atoms with Gasteiger partial charge in [-0.25, -0.2) is 8.42 Å². The van der Waals surface area contributed by atoms with E-state index in [0.717, 1.165) is 0 Å². The lowest BCUT2D eigenvalue weighted by Gasteiger charge is -2.05. The van der Waals surface area contributed by atoms with Crippen LogP contribution < -0.4 is 0 Å². The minimum absolute atomic E-state index is 0.0271. The van der Waals surface area contributed by atoms with Gasteiger partial charge in [-0.2, -0.15) is 0 Å². The van der Waals surface area contributed by atoms with Crippen molar-refractivity contribution in [3.8, 4) is 5.75 Å². The second-order valence-electron chi connectivity index (χ2n) is 3.13. The van der Waals surface area contributed by atoms with E-state index >= 15 is 0 Å². The lowest BCUT2D eigenvalue weighted by Crippen LogP contribution is -2.12. The number of benzene rings is 1. The van der Waals surface area contributed by atoms with Crippen LogP contribution in [-0.4, -0.2) is 39.8 Å². The van der Waals surface area contributed by atoms with Crippen LogP contribution in [0, 0.1) is 0 Å². The number of rotatable bonds is 6. The summed E-state index contributed by atoms with van der Waals surface area (Å²) in [4.78, 5) is 0.128. The molecule has 0 spiro atoms. The number of hydrogen-bond donors (Lipinski definition) is 1. The molecule has 6 heteroatoms. The number of aromatic hydroxyl groups is 1. The Morgan fingerprint density at radius 2 is 1.81 bits per heavy atom. The number of methoxy groups -OCH3 is 1. The Labute approximate surface area is 94.5 Å². The maximum Gasteiger partial charge on any atom is 0.202 e. The first-order chi connectivity index (χ1) is 7.56. The Hall–Kier alpha value is -1.11. The molecule has 5 nitrogen and oxygen atoms in total. The van der Waals surface area contributed by atoms with Gasteiger partial charge in [0.1, 0.15) is 5.75 Å². The Kier molecular flexibility index (Phi) is 4.72. The molecule has 1 rings (SSSR count). The number of ether oxygens (including phenoxy) is 2. The molecule has 0 aliphatic heterocycles. The normalized spacial score (nSPS) is 11.6. The van der Waals surface area contributed by atoms with Crippen LogP contribution in [0.3, 0.4) is 0 Å². The van der Waals surface area contributed by atoms with Crippen molar-refractivity contribution in [1.29, 1.82) is 0 Å². The summed E-state index contributed by atoms with van der Waals surface area (Å²) in [5.74, 6) is -0.361. The zero-order chi connectivity index (χ0) is 12.0. The number of phenolic OH excluding ortho intramolecular Hbond substituents is 1. The molecule has 1 aromatic carbocycles. The van der Waals surface area contributed by atoms with Crippen LogP contribution in [0.5, 0.6) is 5.75 Å². The highest BCUT2D eigenvalue weighted by Crippen LogP contribution is 2.15. The molecule has 0 amide bonds. The average Bonchev–Trinajstić information content (AvgIpc) is 2.25. The van der Waals surface area contributed by atoms with Gasteiger partial charge in [-0.3, -0.25) is 0 Å². The van der Waals surface area contributed by atoms with Crippen LogP contribution >= 0.6 is 0 Å². The summed E-state index contributed by atoms with van der Waals surface area (Å²) >= 11 is 0. The van der Waals surface area contributed by atoms with E-state index in [-0.39, 0.29) is 23.2 Å². The number of hydrogen-bond acceptors (Lipinski definition) is 5. The summed E-state index contributed by atoms with van der Waals surface area (Å²) in [6.45, 7) is 0.582. The maximum absolute atomic E-state index is 11.7. The molecule has 1 N–H and O–H groups in total. The monoisotopic (exact) mass is 246 g/mol. The molecule has 0 fully saturated rings. The molecule has 16 heavy (non-hydrogen) atoms. The van der Waals surface area contributed by atoms with Gasteiger partial charge in [0.25, 0.3) is 0 Å². The van der Waals surface area contributed by atoms with Gasteiger partial charge in [0.05, 0.1) is 18.1 Å². The van der Waals surface area contributed by atoms with Crippen molar-refractivity contribution in [3.05, 3.63) is 24.3 Å². The van der Waals surface area contributed by atoms with E-state index in [4.69, 9.17) is 14.6 Å². The van der Waals surface area contributed by atoms with Gasteiger partial charge in [-0.1, -0.05) is 0 Å². The molecular weight excluding hydrogens is 232 g/mol. The van der Waals surface area contributed by atoms with Crippen molar-refractivity contribution >= 4 is 9.84 Å². The van der Waals surface area contributed by atoms with Crippen LogP contribution in [0.4, 0.5) is 0 Å². The SMILES string of the molecule is COCCOCS(=O)(=O)c1ccc(O)cc1. The second-order valence-corrected chi connectivity index (χ2v) is 5.06. The standard InChI is InChI=1S/C10H14O5S/c1-14-6-7-15-8-16(12,13)10-4-2-9(11)3-5-10/h2-5,11H,6-8H2,1H3. The van der Waals surface area contributed by atoms with E-state index in [1.165, 1.54) is 31.4 Å². The second kappa shape index (κ2) is 5.83. The minimum Gasteiger partial charge on any atom is -0.508 e. The third-order valence-corrected chi connectivity index (χ3v) is 3.33. The van der Waals surface area contributed by atoms with Crippen LogP contribution in [-0.2, 0) is 19.3 Å². The van der Waals surface area contributed by atoms with Crippen molar-refractivity contribution in [2.24, 2.45) is 0 Å². The van der Waals surface area contributed by atoms with Gasteiger partial charge in [0.15, 0.2) is 5.94 Å². The van der Waals surface area contributed by atoms with E-state index < -0.39 is 9.84 Å². The highest BCUT2D eigenvalue weighted by Gasteiger charge is 2.14. The van der Waals surface area contributed by atoms with Gasteiger partial charge in [0, 0.05) is 7.11 Å². The topological polar surface area (TPSA) is 72.8 Å². The van der Waals surface area contributed by atoms with Crippen LogP contribution in [0.1, 0.15) is 0 Å². The molecule has 0 saturated carbocycles. The average molecular weight is 246 g/mol. The van der Waals surface area contributed by atoms with E-state index in [2.05, 4.69) is 0 Å². The smallest absolute Gasteiger partial charge is 0.202 e. The quantitative estimate of drug-likeness (QED) is 0.751. The number of sulfone groups is 1. The van der Waals surface area contributed by atoms with Crippen LogP contribution in [0.2, 0.25) is 0 Å². The fourth-order valence-electron chi connectivity index (χ4n) is 1.03. The lowest BCUT2D eigenvalue weighted by atomic mass is 10.3. The van der Waals surface area contributed by atoms with Crippen molar-refractivity contribution in [2.75, 3.05) is 26.3 Å². The van der Waals surface area contributed by atoms with E-state index in [1.807, 2.05) is 0 Å². The molecule has 0 atom stereocenters. The third kappa shape index (κ3) is 3.80. The van der Waals surface area contributed by atoms with E-state index in [1.54, 1.807) is 0 Å². The fraction of sp³-hybridized carbons (Fsp3) is 0.400. The molecule has 0 bridgehead atoms. The predicted octanol–water partition coefficient (Wildman–Crippen LogP) is 0.786. The predicted molar refractivity (Wildman–Crippen MR) is 58.0 cm³/mol. The van der Waals surface area contributed by atoms with Crippen LogP contribution in [0.15, 0.2) is 29.2 Å². The Bertz CT molecular complexity index is 409. The molecule has 0 aliphatic carbocycles. The zero-order valence-corrected chi connectivity index (χ0v) is 9.74. The first-order valence-electron chi connectivity index (χ1n) is 4.65. The maximum atomic E-state index is 11.7. The van der Waals surface area contributed by atoms with Gasteiger partial charge in [-0.15, -0.1) is 0 Å². The molecular formula is C10H14O5S. The molecule has 90 valence electrons. The van der Waals surface area contributed by atoms with Crippen molar-refractivity contribution in [1.82, 2.24) is 0 Å². The molecule has 0 radical (unpaired) electrons. The van der Waals surface area contributed by atoms with Gasteiger partial charge >= 0.3 is 0 Å². The number of phenols is 1. The highest BCUT2D eigenvalue weighted by molar-refractivity contribution is 7.91. The molecule has 0 unspecified atom stereocenters. The summed E-state index contributed by atoms with van der Waals surface area (Å²) in [5.41, 5.74) is 0. The van der Waals surface area contributed by atoms with E-state index in [9.17, 15) is 8.42 Å². The van der Waals surface area contributed by atoms with Gasteiger partial charge in [-0.05, 0) is 24.3 Å². The molecule has 0 heterocycles. The summed E-state index contributed by atoms with van der Waals surface area (Å²) in [6.07, 6.45) is 0. The lowest BCUT2D eigenvalue weighted by molar-refractivity contribution is 0.0928. The molecule has 0 saturated heterocycles. The third-order valence-electron chi connectivity index (χ3n) is 1.87. The minimum atomic E-state index is -3.45. The van der Waals surface area contributed by atoms with Crippen molar-refractivity contribution in [2.45, 2.75) is 4.90 Å². The highest BCUT2D eigenvalue weighted by atomic mass is 32.2. The Balaban J connectivity index is 2.60. The fourth-order valence-corrected chi connectivity index (χ4v) is 2.06. The Morgan fingerprint density at radius 3 is 2.38 bits per heavy atom. The zero-order valence-electron chi connectivity index (χ0n) is 8.92. The molecule has 0 aromatic heterocycles. The van der Waals surface area contributed by atoms with Crippen LogP contribution in [0.25, 0.3) is 0 Å². The first kappa shape index (κ1) is 13.0. The summed E-state index contributed by atoms with van der Waals surface area (Å²) in [7, 11) is -1.93. The van der Waals surface area contributed by atoms with Crippen molar-refractivity contribution < 1.29 is 23.0 Å². The Morgan fingerprint density at radius 1 is 1.19 bits per heavy atom. The molecule has 0 aliphatic rings. The largest absolute Gasteiger partial charge is 0.508 e. The molecule has 1 aromatic rings. The van der Waals surface area contributed by atoms with Gasteiger partial charge in [0.2, 0.25) is 9.84 Å². The van der Waals surface area contributed by atoms with Crippen molar-refractivity contribution in [3.63, 3.8) is 0 Å². The van der Waals surface area contributed by atoms with E-state index in [0.29, 0.717) is 6.61 Å². The van der Waals surface area contributed by atoms with Gasteiger partial charge < -0.3 is 14.6 Å².